The van der Waals surface area contributed by atoms with Crippen LogP contribution in [0.2, 0.25) is 0 Å². The maximum atomic E-state index is 3.61. The van der Waals surface area contributed by atoms with E-state index >= 15 is 0 Å². The van der Waals surface area contributed by atoms with E-state index in [4.69, 9.17) is 0 Å². The average Bonchev–Trinajstić information content (AvgIpc) is 2.68. The maximum Gasteiger partial charge on any atom is 0.0494 e. The zero-order valence-electron chi connectivity index (χ0n) is 9.92. The first-order valence-corrected chi connectivity index (χ1v) is 6.43. The van der Waals surface area contributed by atoms with Gasteiger partial charge in [-0.3, -0.25) is 0 Å². The lowest BCUT2D eigenvalue weighted by Crippen LogP contribution is -2.16. The minimum atomic E-state index is 0.374. The molecule has 0 radical (unpaired) electrons. The second-order valence-corrected chi connectivity index (χ2v) is 4.85. The van der Waals surface area contributed by atoms with E-state index in [0.29, 0.717) is 6.04 Å². The number of hydrogen-bond acceptors (Lipinski definition) is 1. The average molecular weight is 281 g/mol. The van der Waals surface area contributed by atoms with Crippen molar-refractivity contribution in [2.75, 3.05) is 7.05 Å². The highest BCUT2D eigenvalue weighted by atomic mass is 79.9. The first kappa shape index (κ1) is 11.7. The Hall–Kier alpha value is -0.800. The number of halogens is 1. The fraction of sp³-hybridized carbons (Fsp3) is 0.385. The molecule has 0 amide bonds. The minimum absolute atomic E-state index is 0.374. The molecule has 0 aliphatic carbocycles. The summed E-state index contributed by atoms with van der Waals surface area (Å²) in [6.07, 6.45) is 0. The van der Waals surface area contributed by atoms with Crippen LogP contribution < -0.4 is 5.32 Å². The number of aryl methyl sites for hydroxylation is 1. The number of nitrogens with one attached hydrogen (secondary N) is 1. The van der Waals surface area contributed by atoms with Crippen molar-refractivity contribution in [3.63, 3.8) is 0 Å². The Labute approximate surface area is 105 Å². The Kier molecular flexibility index (Phi) is 3.36. The molecule has 0 saturated heterocycles. The van der Waals surface area contributed by atoms with E-state index in [0.717, 1.165) is 6.54 Å². The van der Waals surface area contributed by atoms with Crippen LogP contribution in [0.5, 0.6) is 0 Å². The summed E-state index contributed by atoms with van der Waals surface area (Å²) in [5.41, 5.74) is 2.64. The molecule has 3 heteroatoms. The Morgan fingerprint density at radius 2 is 2.19 bits per heavy atom. The Bertz CT molecular complexity index is 502. The summed E-state index contributed by atoms with van der Waals surface area (Å²) in [5.74, 6) is 0. The molecule has 1 atom stereocenters. The van der Waals surface area contributed by atoms with Gasteiger partial charge in [-0.05, 0) is 39.1 Å². The van der Waals surface area contributed by atoms with Crippen LogP contribution in [-0.2, 0) is 6.54 Å². The topological polar surface area (TPSA) is 17.0 Å². The molecule has 1 unspecified atom stereocenters. The summed E-state index contributed by atoms with van der Waals surface area (Å²) in [6, 6.07) is 9.00. The van der Waals surface area contributed by atoms with E-state index in [1.165, 1.54) is 21.1 Å². The van der Waals surface area contributed by atoms with Gasteiger partial charge in [0.25, 0.3) is 0 Å². The summed E-state index contributed by atoms with van der Waals surface area (Å²) >= 11 is 3.61. The van der Waals surface area contributed by atoms with E-state index < -0.39 is 0 Å². The van der Waals surface area contributed by atoms with Crippen molar-refractivity contribution in [3.8, 4) is 0 Å². The first-order valence-electron chi connectivity index (χ1n) is 5.64. The van der Waals surface area contributed by atoms with Crippen molar-refractivity contribution >= 4 is 26.8 Å². The summed E-state index contributed by atoms with van der Waals surface area (Å²) in [7, 11) is 2.00. The molecule has 2 aromatic rings. The van der Waals surface area contributed by atoms with Gasteiger partial charge < -0.3 is 9.88 Å². The van der Waals surface area contributed by atoms with Crippen molar-refractivity contribution in [1.82, 2.24) is 9.88 Å². The molecule has 2 rings (SSSR count). The molecule has 1 N–H and O–H groups in total. The highest BCUT2D eigenvalue weighted by molar-refractivity contribution is 9.10. The highest BCUT2D eigenvalue weighted by Crippen LogP contribution is 2.29. The first-order chi connectivity index (χ1) is 7.69. The lowest BCUT2D eigenvalue weighted by molar-refractivity contribution is 0.589. The summed E-state index contributed by atoms with van der Waals surface area (Å²) < 4.78 is 3.53. The lowest BCUT2D eigenvalue weighted by atomic mass is 10.2. The molecule has 86 valence electrons. The van der Waals surface area contributed by atoms with E-state index in [1.54, 1.807) is 0 Å². The summed E-state index contributed by atoms with van der Waals surface area (Å²) in [6.45, 7) is 5.38. The molecular weight excluding hydrogens is 264 g/mol. The van der Waals surface area contributed by atoms with Gasteiger partial charge in [-0.25, -0.2) is 0 Å². The van der Waals surface area contributed by atoms with Crippen LogP contribution in [0.3, 0.4) is 0 Å². The van der Waals surface area contributed by atoms with Crippen molar-refractivity contribution in [3.05, 3.63) is 34.4 Å². The SMILES string of the molecule is CCn1c(C(C)NC)cc2c(Br)cccc21. The zero-order valence-corrected chi connectivity index (χ0v) is 11.5. The molecule has 1 heterocycles. The Morgan fingerprint density at radius 3 is 2.81 bits per heavy atom. The van der Waals surface area contributed by atoms with Crippen LogP contribution in [-0.4, -0.2) is 11.6 Å². The number of benzene rings is 1. The van der Waals surface area contributed by atoms with Crippen LogP contribution in [0, 0.1) is 0 Å². The molecule has 0 aliphatic heterocycles. The van der Waals surface area contributed by atoms with Crippen LogP contribution in [0.1, 0.15) is 25.6 Å². The lowest BCUT2D eigenvalue weighted by Gasteiger charge is -2.13. The molecule has 0 bridgehead atoms. The van der Waals surface area contributed by atoms with Crippen LogP contribution in [0.25, 0.3) is 10.9 Å². The minimum Gasteiger partial charge on any atom is -0.343 e. The van der Waals surface area contributed by atoms with Crippen molar-refractivity contribution < 1.29 is 0 Å². The van der Waals surface area contributed by atoms with Gasteiger partial charge in [0.2, 0.25) is 0 Å². The molecule has 0 aliphatic rings. The molecule has 2 nitrogen and oxygen atoms in total. The van der Waals surface area contributed by atoms with E-state index in [-0.39, 0.29) is 0 Å². The second kappa shape index (κ2) is 4.60. The van der Waals surface area contributed by atoms with Crippen molar-refractivity contribution in [2.45, 2.75) is 26.4 Å². The van der Waals surface area contributed by atoms with Crippen LogP contribution in [0.4, 0.5) is 0 Å². The van der Waals surface area contributed by atoms with Crippen LogP contribution in [0.15, 0.2) is 28.7 Å². The van der Waals surface area contributed by atoms with Gasteiger partial charge in [-0.1, -0.05) is 22.0 Å². The smallest absolute Gasteiger partial charge is 0.0494 e. The standard InChI is InChI=1S/C13H17BrN2/c1-4-16-12-7-5-6-11(14)10(12)8-13(16)9(2)15-3/h5-9,15H,4H2,1-3H3. The van der Waals surface area contributed by atoms with Crippen molar-refractivity contribution in [1.29, 1.82) is 0 Å². The molecule has 0 fully saturated rings. The van der Waals surface area contributed by atoms with Gasteiger partial charge in [-0.2, -0.15) is 0 Å². The predicted octanol–water partition coefficient (Wildman–Crippen LogP) is 3.70. The van der Waals surface area contributed by atoms with E-state index in [2.05, 4.69) is 63.9 Å². The predicted molar refractivity (Wildman–Crippen MR) is 72.8 cm³/mol. The second-order valence-electron chi connectivity index (χ2n) is 4.00. The third-order valence-corrected chi connectivity index (χ3v) is 3.81. The normalized spacial score (nSPS) is 13.2. The quantitative estimate of drug-likeness (QED) is 0.907. The molecule has 1 aromatic carbocycles. The van der Waals surface area contributed by atoms with Crippen molar-refractivity contribution in [2.24, 2.45) is 0 Å². The van der Waals surface area contributed by atoms with Gasteiger partial charge in [0, 0.05) is 33.7 Å². The van der Waals surface area contributed by atoms with Gasteiger partial charge in [0.15, 0.2) is 0 Å². The fourth-order valence-corrected chi connectivity index (χ4v) is 2.60. The van der Waals surface area contributed by atoms with Gasteiger partial charge in [-0.15, -0.1) is 0 Å². The van der Waals surface area contributed by atoms with E-state index in [9.17, 15) is 0 Å². The Morgan fingerprint density at radius 1 is 1.44 bits per heavy atom. The molecule has 1 aromatic heterocycles. The molecular formula is C13H17BrN2. The molecule has 0 saturated carbocycles. The monoisotopic (exact) mass is 280 g/mol. The molecule has 0 spiro atoms. The third-order valence-electron chi connectivity index (χ3n) is 3.12. The number of nitrogens with zero attached hydrogens (tertiary/aromatic N) is 1. The van der Waals surface area contributed by atoms with Crippen LogP contribution >= 0.6 is 15.9 Å². The zero-order chi connectivity index (χ0) is 11.7. The number of rotatable bonds is 3. The fourth-order valence-electron chi connectivity index (χ4n) is 2.13. The third kappa shape index (κ3) is 1.78. The molecule has 16 heavy (non-hydrogen) atoms. The summed E-state index contributed by atoms with van der Waals surface area (Å²) in [5, 5.41) is 4.59. The van der Waals surface area contributed by atoms with Gasteiger partial charge >= 0.3 is 0 Å². The Balaban J connectivity index is 2.71. The van der Waals surface area contributed by atoms with E-state index in [1.807, 2.05) is 7.05 Å². The number of aromatic nitrogens is 1. The maximum absolute atomic E-state index is 3.61. The number of hydrogen-bond donors (Lipinski definition) is 1. The highest BCUT2D eigenvalue weighted by Gasteiger charge is 2.13. The number of fused-ring (bicyclic) bond motifs is 1. The van der Waals surface area contributed by atoms with Gasteiger partial charge in [0.05, 0.1) is 0 Å². The van der Waals surface area contributed by atoms with Gasteiger partial charge in [0.1, 0.15) is 0 Å². The largest absolute Gasteiger partial charge is 0.343 e. The summed E-state index contributed by atoms with van der Waals surface area (Å²) in [4.78, 5) is 0.